The third-order valence-electron chi connectivity index (χ3n) is 2.92. The second-order valence-electron chi connectivity index (χ2n) is 4.35. The van der Waals surface area contributed by atoms with E-state index in [0.717, 1.165) is 0 Å². The molecule has 2 N–H and O–H groups in total. The highest BCUT2D eigenvalue weighted by molar-refractivity contribution is 6.42. The number of rotatable bonds is 5. The molecule has 0 saturated carbocycles. The number of likely N-dealkylation sites (N-methyl/N-ethyl adjacent to an activating group) is 1. The van der Waals surface area contributed by atoms with Gasteiger partial charge in [0.05, 0.1) is 5.02 Å². The van der Waals surface area contributed by atoms with Gasteiger partial charge in [0.1, 0.15) is 10.8 Å². The first-order valence-electron chi connectivity index (χ1n) is 5.95. The van der Waals surface area contributed by atoms with Gasteiger partial charge in [-0.3, -0.25) is 4.79 Å². The van der Waals surface area contributed by atoms with Crippen molar-refractivity contribution in [3.63, 3.8) is 0 Å². The molecule has 7 heteroatoms. The van der Waals surface area contributed by atoms with Crippen LogP contribution < -0.4 is 10.5 Å². The lowest BCUT2D eigenvalue weighted by atomic mass is 10.2. The van der Waals surface area contributed by atoms with E-state index in [1.54, 1.807) is 37.1 Å². The molecule has 4 nitrogen and oxygen atoms in total. The number of ether oxygens (including phenoxy) is 1. The van der Waals surface area contributed by atoms with Crippen LogP contribution in [0.25, 0.3) is 0 Å². The molecule has 2 atom stereocenters. The molecule has 20 heavy (non-hydrogen) atoms. The Kier molecular flexibility index (Phi) is 8.28. The van der Waals surface area contributed by atoms with Crippen molar-refractivity contribution in [3.8, 4) is 5.75 Å². The zero-order valence-corrected chi connectivity index (χ0v) is 13.9. The highest BCUT2D eigenvalue weighted by Crippen LogP contribution is 2.32. The zero-order valence-electron chi connectivity index (χ0n) is 11.6. The molecular formula is C13H19Cl3N2O2. The second-order valence-corrected chi connectivity index (χ2v) is 5.13. The molecule has 2 unspecified atom stereocenters. The van der Waals surface area contributed by atoms with E-state index in [2.05, 4.69) is 0 Å². The van der Waals surface area contributed by atoms with E-state index in [-0.39, 0.29) is 24.4 Å². The summed E-state index contributed by atoms with van der Waals surface area (Å²) in [5, 5.41) is 0.695. The van der Waals surface area contributed by atoms with Gasteiger partial charge >= 0.3 is 0 Å². The number of halogens is 3. The molecule has 0 fully saturated rings. The van der Waals surface area contributed by atoms with E-state index in [4.69, 9.17) is 33.7 Å². The summed E-state index contributed by atoms with van der Waals surface area (Å²) in [6.45, 7) is 3.93. The molecule has 0 spiro atoms. The summed E-state index contributed by atoms with van der Waals surface area (Å²) >= 11 is 11.9. The minimum absolute atomic E-state index is 0. The number of benzene rings is 1. The van der Waals surface area contributed by atoms with Gasteiger partial charge in [-0.1, -0.05) is 29.3 Å². The maximum atomic E-state index is 12.1. The Bertz CT molecular complexity index is 457. The summed E-state index contributed by atoms with van der Waals surface area (Å²) in [6, 6.07) is 5.00. The van der Waals surface area contributed by atoms with E-state index < -0.39 is 6.10 Å². The van der Waals surface area contributed by atoms with E-state index >= 15 is 0 Å². The summed E-state index contributed by atoms with van der Waals surface area (Å²) < 4.78 is 5.56. The summed E-state index contributed by atoms with van der Waals surface area (Å²) in [5.74, 6) is 0.234. The topological polar surface area (TPSA) is 55.6 Å². The average Bonchev–Trinajstić information content (AvgIpc) is 2.41. The Morgan fingerprint density at radius 3 is 2.55 bits per heavy atom. The van der Waals surface area contributed by atoms with Gasteiger partial charge in [-0.2, -0.15) is 0 Å². The standard InChI is InChI=1S/C13H18Cl2N2O2.ClH/c1-8(7-16)17(3)13(18)9(2)19-11-6-4-5-10(14)12(11)15;/h4-6,8-9H,7,16H2,1-3H3;1H. The van der Waals surface area contributed by atoms with Crippen LogP contribution in [-0.2, 0) is 4.79 Å². The van der Waals surface area contributed by atoms with Gasteiger partial charge in [-0.25, -0.2) is 0 Å². The fourth-order valence-electron chi connectivity index (χ4n) is 1.48. The van der Waals surface area contributed by atoms with Crippen LogP contribution in [0, 0.1) is 0 Å². The Hall–Kier alpha value is -0.680. The molecule has 0 aliphatic rings. The Morgan fingerprint density at radius 2 is 2.00 bits per heavy atom. The molecule has 0 radical (unpaired) electrons. The van der Waals surface area contributed by atoms with Gasteiger partial charge < -0.3 is 15.4 Å². The summed E-state index contributed by atoms with van der Waals surface area (Å²) in [4.78, 5) is 13.7. The van der Waals surface area contributed by atoms with E-state index in [1.165, 1.54) is 0 Å². The van der Waals surface area contributed by atoms with E-state index in [9.17, 15) is 4.79 Å². The van der Waals surface area contributed by atoms with Crippen molar-refractivity contribution in [1.82, 2.24) is 4.90 Å². The van der Waals surface area contributed by atoms with Crippen LogP contribution >= 0.6 is 35.6 Å². The summed E-state index contributed by atoms with van der Waals surface area (Å²) in [6.07, 6.45) is -0.657. The second kappa shape index (κ2) is 8.57. The smallest absolute Gasteiger partial charge is 0.263 e. The number of carbonyl (C=O) groups excluding carboxylic acids is 1. The molecule has 1 aromatic carbocycles. The molecule has 1 rings (SSSR count). The lowest BCUT2D eigenvalue weighted by Crippen LogP contribution is -2.45. The molecule has 0 aliphatic carbocycles. The lowest BCUT2D eigenvalue weighted by Gasteiger charge is -2.27. The van der Waals surface area contributed by atoms with Crippen molar-refractivity contribution in [2.75, 3.05) is 13.6 Å². The van der Waals surface area contributed by atoms with Gasteiger partial charge in [0.2, 0.25) is 0 Å². The molecule has 0 saturated heterocycles. The average molecular weight is 342 g/mol. The first kappa shape index (κ1) is 19.3. The molecule has 0 aliphatic heterocycles. The molecule has 1 aromatic rings. The zero-order chi connectivity index (χ0) is 14.6. The largest absolute Gasteiger partial charge is 0.479 e. The maximum Gasteiger partial charge on any atom is 0.263 e. The van der Waals surface area contributed by atoms with Gasteiger partial charge in [-0.15, -0.1) is 12.4 Å². The van der Waals surface area contributed by atoms with Gasteiger partial charge in [0.25, 0.3) is 5.91 Å². The van der Waals surface area contributed by atoms with Crippen LogP contribution in [-0.4, -0.2) is 36.5 Å². The first-order chi connectivity index (χ1) is 8.88. The molecule has 0 heterocycles. The normalized spacial score (nSPS) is 13.1. The maximum absolute atomic E-state index is 12.1. The van der Waals surface area contributed by atoms with Crippen molar-refractivity contribution < 1.29 is 9.53 Å². The molecule has 114 valence electrons. The van der Waals surface area contributed by atoms with Crippen molar-refractivity contribution in [1.29, 1.82) is 0 Å². The lowest BCUT2D eigenvalue weighted by molar-refractivity contribution is -0.138. The molecule has 1 amide bonds. The molecule has 0 bridgehead atoms. The predicted molar refractivity (Wildman–Crippen MR) is 85.1 cm³/mol. The summed E-state index contributed by atoms with van der Waals surface area (Å²) in [5.41, 5.74) is 5.53. The Morgan fingerprint density at radius 1 is 1.40 bits per heavy atom. The number of hydrogen-bond acceptors (Lipinski definition) is 3. The van der Waals surface area contributed by atoms with E-state index in [0.29, 0.717) is 22.3 Å². The van der Waals surface area contributed by atoms with Crippen LogP contribution in [0.3, 0.4) is 0 Å². The quantitative estimate of drug-likeness (QED) is 0.895. The van der Waals surface area contributed by atoms with Gasteiger partial charge in [0, 0.05) is 19.6 Å². The van der Waals surface area contributed by atoms with Crippen LogP contribution in [0.2, 0.25) is 10.0 Å². The minimum atomic E-state index is -0.657. The highest BCUT2D eigenvalue weighted by atomic mass is 35.5. The SMILES string of the molecule is CC(Oc1cccc(Cl)c1Cl)C(=O)N(C)C(C)CN.Cl. The Balaban J connectivity index is 0.00000361. The third kappa shape index (κ3) is 4.70. The number of hydrogen-bond donors (Lipinski definition) is 1. The monoisotopic (exact) mass is 340 g/mol. The van der Waals surface area contributed by atoms with Crippen molar-refractivity contribution in [3.05, 3.63) is 28.2 Å². The van der Waals surface area contributed by atoms with Crippen LogP contribution in [0.4, 0.5) is 0 Å². The number of nitrogens with two attached hydrogens (primary N) is 1. The molecule has 0 aromatic heterocycles. The minimum Gasteiger partial charge on any atom is -0.479 e. The first-order valence-corrected chi connectivity index (χ1v) is 6.71. The highest BCUT2D eigenvalue weighted by Gasteiger charge is 2.23. The fraction of sp³-hybridized carbons (Fsp3) is 0.462. The van der Waals surface area contributed by atoms with Crippen molar-refractivity contribution >= 4 is 41.5 Å². The van der Waals surface area contributed by atoms with Crippen LogP contribution in [0.15, 0.2) is 18.2 Å². The number of amides is 1. The van der Waals surface area contributed by atoms with Gasteiger partial charge in [-0.05, 0) is 26.0 Å². The molecular weight excluding hydrogens is 323 g/mol. The van der Waals surface area contributed by atoms with Crippen LogP contribution in [0.1, 0.15) is 13.8 Å². The van der Waals surface area contributed by atoms with Crippen LogP contribution in [0.5, 0.6) is 5.75 Å². The van der Waals surface area contributed by atoms with Gasteiger partial charge in [0.15, 0.2) is 6.10 Å². The summed E-state index contributed by atoms with van der Waals surface area (Å²) in [7, 11) is 1.69. The van der Waals surface area contributed by atoms with Crippen molar-refractivity contribution in [2.24, 2.45) is 5.73 Å². The van der Waals surface area contributed by atoms with Crippen molar-refractivity contribution in [2.45, 2.75) is 26.0 Å². The number of nitrogens with zero attached hydrogens (tertiary/aromatic N) is 1. The fourth-order valence-corrected chi connectivity index (χ4v) is 1.81. The third-order valence-corrected chi connectivity index (χ3v) is 3.72. The predicted octanol–water partition coefficient (Wildman–Crippen LogP) is 2.99. The number of carbonyl (C=O) groups is 1. The Labute approximate surface area is 135 Å². The van der Waals surface area contributed by atoms with E-state index in [1.807, 2.05) is 6.92 Å².